The molecule has 2 aliphatic rings. The Kier molecular flexibility index (Phi) is 5.07. The average molecular weight is 403 g/mol. The first-order valence-electron chi connectivity index (χ1n) is 11.2. The van der Waals surface area contributed by atoms with Crippen LogP contribution in [0.1, 0.15) is 54.0 Å². The third-order valence-electron chi connectivity index (χ3n) is 6.91. The Bertz CT molecular complexity index is 1050. The van der Waals surface area contributed by atoms with Crippen LogP contribution in [0.25, 0.3) is 11.0 Å². The molecule has 2 saturated heterocycles. The number of carbonyl (C=O) groups is 1. The third kappa shape index (κ3) is 3.41. The van der Waals surface area contributed by atoms with Gasteiger partial charge in [0.25, 0.3) is 5.91 Å². The van der Waals surface area contributed by atoms with Gasteiger partial charge in [0.05, 0.1) is 17.1 Å². The topological polar surface area (TPSA) is 41.4 Å². The zero-order valence-electron chi connectivity index (χ0n) is 17.9. The van der Waals surface area contributed by atoms with Gasteiger partial charge >= 0.3 is 0 Å². The van der Waals surface area contributed by atoms with Gasteiger partial charge in [0.2, 0.25) is 0 Å². The van der Waals surface area contributed by atoms with Gasteiger partial charge in [-0.25, -0.2) is 4.98 Å². The van der Waals surface area contributed by atoms with E-state index in [4.69, 9.17) is 4.98 Å². The largest absolute Gasteiger partial charge is 0.337 e. The number of likely N-dealkylation sites (tertiary alicyclic amines) is 2. The number of imidazole rings is 1. The number of fused-ring (bicyclic) bond motifs is 1. The van der Waals surface area contributed by atoms with E-state index in [9.17, 15) is 4.79 Å². The summed E-state index contributed by atoms with van der Waals surface area (Å²) >= 11 is 0. The molecule has 0 saturated carbocycles. The molecule has 156 valence electrons. The normalized spacial score (nSPS) is 20.9. The molecule has 3 aromatic rings. The number of aromatic nitrogens is 2. The van der Waals surface area contributed by atoms with Crippen LogP contribution in [0.4, 0.5) is 0 Å². The molecule has 2 atom stereocenters. The quantitative estimate of drug-likeness (QED) is 0.655. The SMILES string of the molecule is Cc1nc2ccccc2n1[C@@H](C)c1ccc(C(=O)N2CC[C@H](N3CCCC3)C2)cc1. The minimum absolute atomic E-state index is 0.160. The van der Waals surface area contributed by atoms with Gasteiger partial charge in [-0.15, -0.1) is 0 Å². The van der Waals surface area contributed by atoms with Crippen LogP contribution < -0.4 is 0 Å². The number of rotatable bonds is 4. The highest BCUT2D eigenvalue weighted by Gasteiger charge is 2.32. The molecule has 0 spiro atoms. The van der Waals surface area contributed by atoms with Crippen molar-refractivity contribution in [1.82, 2.24) is 19.4 Å². The first-order valence-corrected chi connectivity index (χ1v) is 11.2. The lowest BCUT2D eigenvalue weighted by Gasteiger charge is -2.23. The van der Waals surface area contributed by atoms with E-state index in [1.165, 1.54) is 31.5 Å². The maximum absolute atomic E-state index is 13.0. The Labute approximate surface area is 178 Å². The van der Waals surface area contributed by atoms with Gasteiger partial charge in [-0.3, -0.25) is 9.69 Å². The van der Waals surface area contributed by atoms with Crippen LogP contribution in [-0.2, 0) is 0 Å². The zero-order valence-corrected chi connectivity index (χ0v) is 17.9. The van der Waals surface area contributed by atoms with E-state index in [1.54, 1.807) is 0 Å². The van der Waals surface area contributed by atoms with E-state index in [0.29, 0.717) is 6.04 Å². The Morgan fingerprint density at radius 1 is 1.03 bits per heavy atom. The molecular weight excluding hydrogens is 372 g/mol. The molecule has 3 heterocycles. The summed E-state index contributed by atoms with van der Waals surface area (Å²) in [6.07, 6.45) is 3.71. The van der Waals surface area contributed by atoms with Crippen LogP contribution in [0.2, 0.25) is 0 Å². The van der Waals surface area contributed by atoms with E-state index < -0.39 is 0 Å². The molecule has 0 unspecified atom stereocenters. The summed E-state index contributed by atoms with van der Waals surface area (Å²) < 4.78 is 2.27. The highest BCUT2D eigenvalue weighted by atomic mass is 16.2. The fourth-order valence-electron chi connectivity index (χ4n) is 5.22. The van der Waals surface area contributed by atoms with Crippen molar-refractivity contribution in [3.63, 3.8) is 0 Å². The number of nitrogens with zero attached hydrogens (tertiary/aromatic N) is 4. The predicted octanol–water partition coefficient (Wildman–Crippen LogP) is 4.26. The van der Waals surface area contributed by atoms with Crippen molar-refractivity contribution in [1.29, 1.82) is 0 Å². The zero-order chi connectivity index (χ0) is 20.7. The highest BCUT2D eigenvalue weighted by Crippen LogP contribution is 2.27. The van der Waals surface area contributed by atoms with Crippen LogP contribution in [-0.4, -0.2) is 57.5 Å². The number of para-hydroxylation sites is 2. The first kappa shape index (κ1) is 19.3. The van der Waals surface area contributed by atoms with Crippen molar-refractivity contribution in [3.8, 4) is 0 Å². The lowest BCUT2D eigenvalue weighted by Crippen LogP contribution is -2.37. The second-order valence-corrected chi connectivity index (χ2v) is 8.75. The van der Waals surface area contributed by atoms with Crippen LogP contribution in [0, 0.1) is 6.92 Å². The number of benzene rings is 2. The third-order valence-corrected chi connectivity index (χ3v) is 6.91. The van der Waals surface area contributed by atoms with E-state index in [0.717, 1.165) is 41.9 Å². The van der Waals surface area contributed by atoms with Crippen LogP contribution >= 0.6 is 0 Å². The van der Waals surface area contributed by atoms with Gasteiger partial charge in [0.1, 0.15) is 5.82 Å². The summed E-state index contributed by atoms with van der Waals surface area (Å²) in [5.41, 5.74) is 4.15. The van der Waals surface area contributed by atoms with Gasteiger partial charge in [0.15, 0.2) is 0 Å². The number of aryl methyl sites for hydroxylation is 1. The summed E-state index contributed by atoms with van der Waals surface area (Å²) in [6.45, 7) is 8.39. The molecule has 2 aromatic carbocycles. The van der Waals surface area contributed by atoms with E-state index in [-0.39, 0.29) is 11.9 Å². The molecule has 30 heavy (non-hydrogen) atoms. The lowest BCUT2D eigenvalue weighted by molar-refractivity contribution is 0.0780. The van der Waals surface area contributed by atoms with Gasteiger partial charge in [-0.05, 0) is 76.0 Å². The number of hydrogen-bond acceptors (Lipinski definition) is 3. The molecule has 0 N–H and O–H groups in total. The van der Waals surface area contributed by atoms with Crippen molar-refractivity contribution in [3.05, 3.63) is 65.5 Å². The molecule has 5 rings (SSSR count). The molecule has 1 aromatic heterocycles. The predicted molar refractivity (Wildman–Crippen MR) is 120 cm³/mol. The van der Waals surface area contributed by atoms with Crippen LogP contribution in [0.5, 0.6) is 0 Å². The summed E-state index contributed by atoms with van der Waals surface area (Å²) in [4.78, 5) is 22.3. The second kappa shape index (κ2) is 7.88. The Morgan fingerprint density at radius 3 is 2.53 bits per heavy atom. The molecular formula is C25H30N4O. The summed E-state index contributed by atoms with van der Waals surface area (Å²) in [5, 5.41) is 0. The minimum atomic E-state index is 0.160. The highest BCUT2D eigenvalue weighted by molar-refractivity contribution is 5.94. The molecule has 1 amide bonds. The molecule has 2 fully saturated rings. The number of amides is 1. The number of carbonyl (C=O) groups excluding carboxylic acids is 1. The van der Waals surface area contributed by atoms with E-state index in [1.807, 2.05) is 23.1 Å². The molecule has 0 bridgehead atoms. The molecule has 5 heteroatoms. The Morgan fingerprint density at radius 2 is 1.77 bits per heavy atom. The van der Waals surface area contributed by atoms with Gasteiger partial charge in [-0.2, -0.15) is 0 Å². The Hall–Kier alpha value is -2.66. The van der Waals surface area contributed by atoms with Gasteiger partial charge in [-0.1, -0.05) is 24.3 Å². The summed E-state index contributed by atoms with van der Waals surface area (Å²) in [6, 6.07) is 17.1. The summed E-state index contributed by atoms with van der Waals surface area (Å²) in [5.74, 6) is 1.18. The maximum atomic E-state index is 13.0. The standard InChI is InChI=1S/C25H30N4O/c1-18(29-19(2)26-23-7-3-4-8-24(23)29)20-9-11-21(12-10-20)25(30)28-16-13-22(17-28)27-14-5-6-15-27/h3-4,7-12,18,22H,5-6,13-17H2,1-2H3/t18-,22-/m0/s1. The maximum Gasteiger partial charge on any atom is 0.253 e. The van der Waals surface area contributed by atoms with Gasteiger partial charge in [0, 0.05) is 24.7 Å². The Balaban J connectivity index is 1.31. The lowest BCUT2D eigenvalue weighted by atomic mass is 10.0. The van der Waals surface area contributed by atoms with Crippen molar-refractivity contribution in [2.75, 3.05) is 26.2 Å². The summed E-state index contributed by atoms with van der Waals surface area (Å²) in [7, 11) is 0. The van der Waals surface area contributed by atoms with Crippen molar-refractivity contribution in [2.45, 2.75) is 45.2 Å². The average Bonchev–Trinajstić information content (AvgIpc) is 3.51. The first-order chi connectivity index (χ1) is 14.6. The smallest absolute Gasteiger partial charge is 0.253 e. The molecule has 0 radical (unpaired) electrons. The number of hydrogen-bond donors (Lipinski definition) is 0. The van der Waals surface area contributed by atoms with Crippen molar-refractivity contribution < 1.29 is 4.79 Å². The van der Waals surface area contributed by atoms with E-state index >= 15 is 0 Å². The minimum Gasteiger partial charge on any atom is -0.337 e. The van der Waals surface area contributed by atoms with Crippen molar-refractivity contribution in [2.24, 2.45) is 0 Å². The monoisotopic (exact) mass is 402 g/mol. The van der Waals surface area contributed by atoms with Crippen LogP contribution in [0.3, 0.4) is 0 Å². The second-order valence-electron chi connectivity index (χ2n) is 8.75. The molecule has 5 nitrogen and oxygen atoms in total. The van der Waals surface area contributed by atoms with Gasteiger partial charge < -0.3 is 9.47 Å². The fourth-order valence-corrected chi connectivity index (χ4v) is 5.22. The van der Waals surface area contributed by atoms with E-state index in [2.05, 4.69) is 53.6 Å². The fraction of sp³-hybridized carbons (Fsp3) is 0.440. The van der Waals surface area contributed by atoms with Crippen LogP contribution in [0.15, 0.2) is 48.5 Å². The molecule has 2 aliphatic heterocycles. The van der Waals surface area contributed by atoms with Crippen molar-refractivity contribution >= 4 is 16.9 Å². The molecule has 0 aliphatic carbocycles.